The number of hydrogen-bond acceptors (Lipinski definition) is 4. The molecule has 0 saturated heterocycles. The molecule has 3 rings (SSSR count). The van der Waals surface area contributed by atoms with Crippen molar-refractivity contribution < 1.29 is 9.47 Å². The zero-order chi connectivity index (χ0) is 18.0. The number of aryl methyl sites for hydroxylation is 1. The number of nitrogens with zero attached hydrogens (tertiary/aromatic N) is 3. The summed E-state index contributed by atoms with van der Waals surface area (Å²) in [5, 5.41) is 9.65. The largest absolute Gasteiger partial charge is 0.493 e. The van der Waals surface area contributed by atoms with Crippen LogP contribution >= 0.6 is 15.9 Å². The van der Waals surface area contributed by atoms with Crippen LogP contribution in [0.1, 0.15) is 11.4 Å². The molecule has 2 aromatic carbocycles. The van der Waals surface area contributed by atoms with Crippen LogP contribution in [0.15, 0.2) is 40.9 Å². The Morgan fingerprint density at radius 1 is 1.24 bits per heavy atom. The van der Waals surface area contributed by atoms with E-state index in [-0.39, 0.29) is 0 Å². The number of fused-ring (bicyclic) bond motifs is 1. The number of rotatable bonds is 4. The lowest BCUT2D eigenvalue weighted by Crippen LogP contribution is -1.96. The minimum Gasteiger partial charge on any atom is -0.493 e. The molecule has 5 nitrogen and oxygen atoms in total. The molecule has 0 radical (unpaired) electrons. The lowest BCUT2D eigenvalue weighted by atomic mass is 10.1. The Balaban J connectivity index is 2.14. The van der Waals surface area contributed by atoms with Crippen LogP contribution in [-0.2, 0) is 7.05 Å². The summed E-state index contributed by atoms with van der Waals surface area (Å²) in [5.41, 5.74) is 3.12. The van der Waals surface area contributed by atoms with Crippen molar-refractivity contribution in [1.29, 1.82) is 5.26 Å². The second-order valence-corrected chi connectivity index (χ2v) is 6.25. The van der Waals surface area contributed by atoms with Crippen LogP contribution in [0.4, 0.5) is 0 Å². The quantitative estimate of drug-likeness (QED) is 0.611. The first kappa shape index (κ1) is 17.1. The minimum absolute atomic E-state index is 0.470. The highest BCUT2D eigenvalue weighted by Crippen LogP contribution is 2.37. The van der Waals surface area contributed by atoms with E-state index in [2.05, 4.69) is 27.0 Å². The predicted molar refractivity (Wildman–Crippen MR) is 101 cm³/mol. The van der Waals surface area contributed by atoms with Gasteiger partial charge in [-0.3, -0.25) is 0 Å². The van der Waals surface area contributed by atoms with Gasteiger partial charge in [-0.05, 0) is 51.8 Å². The highest BCUT2D eigenvalue weighted by atomic mass is 79.9. The fraction of sp³-hybridized carbons (Fsp3) is 0.158. The Hall–Kier alpha value is -2.78. The lowest BCUT2D eigenvalue weighted by Gasteiger charge is -2.10. The van der Waals surface area contributed by atoms with Crippen molar-refractivity contribution in [3.8, 4) is 17.6 Å². The topological polar surface area (TPSA) is 60.1 Å². The van der Waals surface area contributed by atoms with Crippen molar-refractivity contribution >= 4 is 38.6 Å². The van der Waals surface area contributed by atoms with E-state index in [1.807, 2.05) is 48.0 Å². The monoisotopic (exact) mass is 397 g/mol. The Kier molecular flexibility index (Phi) is 4.77. The van der Waals surface area contributed by atoms with Gasteiger partial charge in [-0.2, -0.15) is 5.26 Å². The van der Waals surface area contributed by atoms with Crippen LogP contribution in [0.5, 0.6) is 11.5 Å². The first-order valence-electron chi connectivity index (χ1n) is 7.54. The number of aromatic nitrogens is 2. The standard InChI is InChI=1S/C19H16BrN3O2/c1-23-16-7-5-4-6-15(16)22-19(23)13(11-21)8-12-9-14(20)18(25-3)17(10-12)24-2/h4-10H,1-3H3/b13-8-. The maximum absolute atomic E-state index is 9.65. The van der Waals surface area contributed by atoms with Crippen molar-refractivity contribution in [3.05, 3.63) is 52.3 Å². The molecule has 0 aliphatic rings. The average Bonchev–Trinajstić information content (AvgIpc) is 2.96. The van der Waals surface area contributed by atoms with Crippen LogP contribution < -0.4 is 9.47 Å². The third kappa shape index (κ3) is 3.11. The summed E-state index contributed by atoms with van der Waals surface area (Å²) in [6.07, 6.45) is 1.79. The van der Waals surface area contributed by atoms with Crippen molar-refractivity contribution in [3.63, 3.8) is 0 Å². The Bertz CT molecular complexity index is 1020. The molecule has 0 spiro atoms. The molecule has 0 bridgehead atoms. The normalized spacial score (nSPS) is 11.4. The second-order valence-electron chi connectivity index (χ2n) is 5.39. The van der Waals surface area contributed by atoms with Crippen molar-refractivity contribution in [2.24, 2.45) is 7.05 Å². The number of para-hydroxylation sites is 2. The maximum atomic E-state index is 9.65. The molecule has 6 heteroatoms. The van der Waals surface area contributed by atoms with E-state index < -0.39 is 0 Å². The van der Waals surface area contributed by atoms with Gasteiger partial charge in [0.1, 0.15) is 6.07 Å². The number of nitriles is 1. The first-order chi connectivity index (χ1) is 12.1. The van der Waals surface area contributed by atoms with Gasteiger partial charge in [-0.25, -0.2) is 4.98 Å². The van der Waals surface area contributed by atoms with Gasteiger partial charge < -0.3 is 14.0 Å². The molecule has 0 aliphatic heterocycles. The van der Waals surface area contributed by atoms with Crippen LogP contribution in [0.2, 0.25) is 0 Å². The molecule has 0 N–H and O–H groups in total. The summed E-state index contributed by atoms with van der Waals surface area (Å²) in [5.74, 6) is 1.82. The number of benzene rings is 2. The predicted octanol–water partition coefficient (Wildman–Crippen LogP) is 4.42. The molecule has 0 unspecified atom stereocenters. The van der Waals surface area contributed by atoms with Crippen molar-refractivity contribution in [2.45, 2.75) is 0 Å². The maximum Gasteiger partial charge on any atom is 0.174 e. The summed E-state index contributed by atoms with van der Waals surface area (Å²) in [4.78, 5) is 4.58. The fourth-order valence-electron chi connectivity index (χ4n) is 2.72. The van der Waals surface area contributed by atoms with E-state index in [1.54, 1.807) is 20.3 Å². The Morgan fingerprint density at radius 3 is 2.64 bits per heavy atom. The molecule has 0 fully saturated rings. The molecular formula is C19H16BrN3O2. The lowest BCUT2D eigenvalue weighted by molar-refractivity contribution is 0.353. The highest BCUT2D eigenvalue weighted by molar-refractivity contribution is 9.10. The minimum atomic E-state index is 0.470. The van der Waals surface area contributed by atoms with E-state index in [1.165, 1.54) is 0 Å². The van der Waals surface area contributed by atoms with E-state index in [4.69, 9.17) is 9.47 Å². The Labute approximate surface area is 154 Å². The van der Waals surface area contributed by atoms with Gasteiger partial charge in [-0.1, -0.05) is 12.1 Å². The Morgan fingerprint density at radius 2 is 2.00 bits per heavy atom. The first-order valence-corrected chi connectivity index (χ1v) is 8.33. The summed E-state index contributed by atoms with van der Waals surface area (Å²) in [6, 6.07) is 13.7. The van der Waals surface area contributed by atoms with Crippen LogP contribution in [0.3, 0.4) is 0 Å². The van der Waals surface area contributed by atoms with Gasteiger partial charge in [0.25, 0.3) is 0 Å². The molecule has 0 amide bonds. The zero-order valence-corrected chi connectivity index (χ0v) is 15.7. The number of methoxy groups -OCH3 is 2. The van der Waals surface area contributed by atoms with Crippen LogP contribution in [0, 0.1) is 11.3 Å². The molecule has 3 aromatic rings. The number of imidazole rings is 1. The summed E-state index contributed by atoms with van der Waals surface area (Å²) in [6.45, 7) is 0. The summed E-state index contributed by atoms with van der Waals surface area (Å²) < 4.78 is 13.4. The number of allylic oxidation sites excluding steroid dienone is 1. The van der Waals surface area contributed by atoms with E-state index in [0.29, 0.717) is 22.9 Å². The number of hydrogen-bond donors (Lipinski definition) is 0. The summed E-state index contributed by atoms with van der Waals surface area (Å²) >= 11 is 3.47. The molecule has 1 aromatic heterocycles. The van der Waals surface area contributed by atoms with Gasteiger partial charge in [-0.15, -0.1) is 0 Å². The zero-order valence-electron chi connectivity index (χ0n) is 14.1. The molecular weight excluding hydrogens is 382 g/mol. The van der Waals surface area contributed by atoms with Crippen molar-refractivity contribution in [2.75, 3.05) is 14.2 Å². The van der Waals surface area contributed by atoms with Gasteiger partial charge in [0.15, 0.2) is 17.3 Å². The molecule has 0 aliphatic carbocycles. The van der Waals surface area contributed by atoms with Gasteiger partial charge >= 0.3 is 0 Å². The SMILES string of the molecule is COc1cc(/C=C(/C#N)c2nc3ccccc3n2C)cc(Br)c1OC. The molecule has 0 atom stereocenters. The molecule has 126 valence electrons. The van der Waals surface area contributed by atoms with E-state index in [0.717, 1.165) is 21.1 Å². The number of halogens is 1. The third-order valence-electron chi connectivity index (χ3n) is 3.92. The number of ether oxygens (including phenoxy) is 2. The third-order valence-corrected chi connectivity index (χ3v) is 4.50. The van der Waals surface area contributed by atoms with Crippen LogP contribution in [0.25, 0.3) is 22.7 Å². The van der Waals surface area contributed by atoms with Crippen molar-refractivity contribution in [1.82, 2.24) is 9.55 Å². The molecule has 1 heterocycles. The van der Waals surface area contributed by atoms with Gasteiger partial charge in [0.2, 0.25) is 0 Å². The van der Waals surface area contributed by atoms with E-state index >= 15 is 0 Å². The fourth-order valence-corrected chi connectivity index (χ4v) is 3.34. The van der Waals surface area contributed by atoms with E-state index in [9.17, 15) is 5.26 Å². The van der Waals surface area contributed by atoms with Gasteiger partial charge in [0, 0.05) is 7.05 Å². The van der Waals surface area contributed by atoms with Gasteiger partial charge in [0.05, 0.1) is 35.3 Å². The molecule has 0 saturated carbocycles. The summed E-state index contributed by atoms with van der Waals surface area (Å²) in [7, 11) is 5.06. The second kappa shape index (κ2) is 6.99. The highest BCUT2D eigenvalue weighted by Gasteiger charge is 2.14. The smallest absolute Gasteiger partial charge is 0.174 e. The average molecular weight is 398 g/mol. The van der Waals surface area contributed by atoms with Crippen LogP contribution in [-0.4, -0.2) is 23.8 Å². The molecule has 25 heavy (non-hydrogen) atoms.